The van der Waals surface area contributed by atoms with Gasteiger partial charge in [0.15, 0.2) is 11.4 Å². The van der Waals surface area contributed by atoms with Crippen molar-refractivity contribution < 1.29 is 34.8 Å². The lowest BCUT2D eigenvalue weighted by Gasteiger charge is -2.50. The number of fused-ring (bicyclic) bond motifs is 3. The zero-order valence-electron chi connectivity index (χ0n) is 26.6. The molecular formula is C35H40N4O7. The second-order valence-corrected chi connectivity index (χ2v) is 13.3. The average molecular weight is 629 g/mol. The third-order valence-corrected chi connectivity index (χ3v) is 9.35. The predicted molar refractivity (Wildman–Crippen MR) is 173 cm³/mol. The maximum atomic E-state index is 14.2. The van der Waals surface area contributed by atoms with Gasteiger partial charge in [-0.05, 0) is 63.4 Å². The van der Waals surface area contributed by atoms with Gasteiger partial charge in [-0.3, -0.25) is 19.3 Å². The Morgan fingerprint density at radius 3 is 2.35 bits per heavy atom. The van der Waals surface area contributed by atoms with E-state index < -0.39 is 63.6 Å². The van der Waals surface area contributed by atoms with Gasteiger partial charge in [-0.2, -0.15) is 0 Å². The number of aliphatic hydroxyl groups excluding tert-OH is 2. The highest BCUT2D eigenvalue weighted by molar-refractivity contribution is 6.24. The van der Waals surface area contributed by atoms with Crippen LogP contribution in [0.1, 0.15) is 42.0 Å². The number of nitrogens with zero attached hydrogens (tertiary/aromatic N) is 2. The molecule has 2 aromatic carbocycles. The van der Waals surface area contributed by atoms with Gasteiger partial charge in [-0.25, -0.2) is 0 Å². The van der Waals surface area contributed by atoms with E-state index in [1.54, 1.807) is 34.3 Å². The van der Waals surface area contributed by atoms with Gasteiger partial charge in [-0.15, -0.1) is 0 Å². The first-order valence-corrected chi connectivity index (χ1v) is 15.0. The third-order valence-electron chi connectivity index (χ3n) is 9.35. The van der Waals surface area contributed by atoms with Crippen LogP contribution in [0.15, 0.2) is 53.3 Å². The van der Waals surface area contributed by atoms with E-state index in [0.29, 0.717) is 24.1 Å². The molecule has 3 aliphatic rings. The van der Waals surface area contributed by atoms with Crippen molar-refractivity contribution in [2.75, 3.05) is 33.1 Å². The number of carbonyl (C=O) groups excluding carboxylic acids is 3. The molecule has 8 N–H and O–H groups in total. The lowest BCUT2D eigenvalue weighted by atomic mass is 9.57. The van der Waals surface area contributed by atoms with Crippen LogP contribution in [0.4, 0.5) is 5.69 Å². The summed E-state index contributed by atoms with van der Waals surface area (Å²) in [4.78, 5) is 43.0. The maximum Gasteiger partial charge on any atom is 0.255 e. The Hall–Kier alpha value is -4.63. The minimum atomic E-state index is -2.70. The van der Waals surface area contributed by atoms with Crippen molar-refractivity contribution in [2.45, 2.75) is 49.8 Å². The maximum absolute atomic E-state index is 14.2. The number of phenolic OH excluding ortho intramolecular Hbond substituents is 1. The fourth-order valence-electron chi connectivity index (χ4n) is 7.25. The summed E-state index contributed by atoms with van der Waals surface area (Å²) in [5.41, 5.74) is 9.99. The van der Waals surface area contributed by atoms with Crippen LogP contribution in [0.3, 0.4) is 0 Å². The molecule has 0 heterocycles. The topological polar surface area (TPSA) is 191 Å². The van der Waals surface area contributed by atoms with Crippen LogP contribution < -0.4 is 16.4 Å². The van der Waals surface area contributed by atoms with Gasteiger partial charge < -0.3 is 36.8 Å². The highest BCUT2D eigenvalue weighted by Gasteiger charge is 2.64. The molecule has 3 aliphatic carbocycles. The molecule has 11 nitrogen and oxygen atoms in total. The van der Waals surface area contributed by atoms with Crippen molar-refractivity contribution in [2.24, 2.45) is 23.3 Å². The fourth-order valence-corrected chi connectivity index (χ4v) is 7.25. The molecule has 2 aromatic rings. The lowest BCUT2D eigenvalue weighted by Crippen LogP contribution is -2.65. The molecule has 5 rings (SSSR count). The summed E-state index contributed by atoms with van der Waals surface area (Å²) in [5.74, 6) is -0.930. The van der Waals surface area contributed by atoms with Crippen LogP contribution in [-0.4, -0.2) is 88.2 Å². The number of carbonyl (C=O) groups is 3. The number of primary amides is 1. The van der Waals surface area contributed by atoms with Gasteiger partial charge >= 0.3 is 0 Å². The van der Waals surface area contributed by atoms with Crippen LogP contribution in [-0.2, 0) is 27.2 Å². The summed E-state index contributed by atoms with van der Waals surface area (Å²) in [6, 6.07) is 10.4. The second-order valence-electron chi connectivity index (χ2n) is 13.3. The molecular weight excluding hydrogens is 588 g/mol. The van der Waals surface area contributed by atoms with Gasteiger partial charge in [-0.1, -0.05) is 42.2 Å². The Balaban J connectivity index is 1.61. The second kappa shape index (κ2) is 11.6. The molecule has 1 saturated carbocycles. The van der Waals surface area contributed by atoms with Gasteiger partial charge in [0, 0.05) is 43.2 Å². The summed E-state index contributed by atoms with van der Waals surface area (Å²) < 4.78 is 0. The van der Waals surface area contributed by atoms with E-state index in [9.17, 15) is 34.8 Å². The van der Waals surface area contributed by atoms with Gasteiger partial charge in [0.2, 0.25) is 5.78 Å². The summed E-state index contributed by atoms with van der Waals surface area (Å²) in [5, 5.41) is 46.1. The molecule has 0 saturated heterocycles. The number of aliphatic hydroxyl groups is 3. The Morgan fingerprint density at radius 1 is 1.11 bits per heavy atom. The van der Waals surface area contributed by atoms with Crippen molar-refractivity contribution in [1.82, 2.24) is 4.90 Å². The van der Waals surface area contributed by atoms with Crippen molar-refractivity contribution in [3.8, 4) is 17.6 Å². The highest BCUT2D eigenvalue weighted by atomic mass is 16.3. The van der Waals surface area contributed by atoms with Crippen LogP contribution in [0, 0.1) is 23.7 Å². The number of hydrogen-bond acceptors (Lipinski definition) is 10. The fraction of sp³-hybridized carbons (Fsp3) is 0.400. The Bertz CT molecular complexity index is 1760. The first kappa shape index (κ1) is 32.8. The zero-order valence-corrected chi connectivity index (χ0v) is 26.6. The summed E-state index contributed by atoms with van der Waals surface area (Å²) in [7, 11) is 6.73. The van der Waals surface area contributed by atoms with Crippen LogP contribution in [0.25, 0.3) is 5.76 Å². The quantitative estimate of drug-likeness (QED) is 0.203. The number of aromatic hydroxyl groups is 1. The number of likely N-dealkylation sites (N-methyl/N-ethyl adjacent to an activating group) is 1. The Labute approximate surface area is 267 Å². The van der Waals surface area contributed by atoms with Crippen LogP contribution >= 0.6 is 0 Å². The van der Waals surface area contributed by atoms with E-state index in [1.165, 1.54) is 4.90 Å². The van der Waals surface area contributed by atoms with E-state index in [2.05, 4.69) is 11.8 Å². The molecule has 0 radical (unpaired) electrons. The summed E-state index contributed by atoms with van der Waals surface area (Å²) in [6.07, 6.45) is 1.08. The monoisotopic (exact) mass is 628 g/mol. The number of anilines is 1. The molecule has 0 aliphatic heterocycles. The minimum absolute atomic E-state index is 0.00779. The first-order valence-electron chi connectivity index (χ1n) is 15.0. The predicted octanol–water partition coefficient (Wildman–Crippen LogP) is 1.73. The van der Waals surface area contributed by atoms with Crippen molar-refractivity contribution in [3.63, 3.8) is 0 Å². The molecule has 0 bridgehead atoms. The molecule has 0 spiro atoms. The lowest BCUT2D eigenvalue weighted by molar-refractivity contribution is -0.153. The number of hydrogen-bond donors (Lipinski definition) is 6. The van der Waals surface area contributed by atoms with E-state index in [0.717, 1.165) is 5.56 Å². The molecule has 1 fully saturated rings. The van der Waals surface area contributed by atoms with Gasteiger partial charge in [0.05, 0.1) is 17.2 Å². The van der Waals surface area contributed by atoms with E-state index in [1.807, 2.05) is 42.2 Å². The standard InChI is InChI=1S/C35H40N4O7/c1-34(37,17-18-10-7-6-8-11-18)13-9-12-19-16-23(38(2)3)21-14-20-15-22-27(39(4)5)30(42)26(33(36)45)32(44)35(22,46)31(43)24(20)29(41)25(21)28(19)40/h6-8,10-11,16,20,22,27,40-41,44,46H,13-15,17,37H2,1-5H3,(H2,36,45)/t20-,22-,27-,34?,35-/m0/s1. The van der Waals surface area contributed by atoms with Crippen molar-refractivity contribution in [1.29, 1.82) is 0 Å². The van der Waals surface area contributed by atoms with E-state index >= 15 is 0 Å². The summed E-state index contributed by atoms with van der Waals surface area (Å²) >= 11 is 0. The number of amides is 1. The Morgan fingerprint density at radius 2 is 1.76 bits per heavy atom. The van der Waals surface area contributed by atoms with E-state index in [-0.39, 0.29) is 35.3 Å². The minimum Gasteiger partial charge on any atom is -0.508 e. The van der Waals surface area contributed by atoms with Crippen molar-refractivity contribution in [3.05, 3.63) is 75.6 Å². The molecule has 5 atom stereocenters. The molecule has 11 heteroatoms. The number of rotatable bonds is 6. The zero-order chi connectivity index (χ0) is 33.9. The Kier molecular flexibility index (Phi) is 8.28. The SMILES string of the molecule is CN(C)c1cc(C#CCC(C)(N)Cc2ccccc2)c(O)c2c1C[C@H]1C[C@H]3[C@H](N(C)C)C(=O)C(C(N)=O)=C(O)[C@@]3(O)C(=O)C1=C2O. The number of Topliss-reactive ketones (excluding diaryl/α,β-unsaturated/α-hetero) is 2. The number of phenols is 1. The first-order chi connectivity index (χ1) is 21.5. The molecule has 1 amide bonds. The number of benzene rings is 2. The average Bonchev–Trinajstić information content (AvgIpc) is 2.95. The van der Waals surface area contributed by atoms with Crippen LogP contribution in [0.5, 0.6) is 5.75 Å². The molecule has 0 aromatic heterocycles. The van der Waals surface area contributed by atoms with Gasteiger partial charge in [0.1, 0.15) is 22.8 Å². The van der Waals surface area contributed by atoms with Crippen LogP contribution in [0.2, 0.25) is 0 Å². The molecule has 1 unspecified atom stereocenters. The third kappa shape index (κ3) is 5.22. The number of ketones is 2. The number of nitrogens with two attached hydrogens (primary N) is 2. The normalized spacial score (nSPS) is 25.3. The molecule has 242 valence electrons. The highest BCUT2D eigenvalue weighted by Crippen LogP contribution is 2.54. The molecule has 46 heavy (non-hydrogen) atoms. The largest absolute Gasteiger partial charge is 0.508 e. The van der Waals surface area contributed by atoms with Gasteiger partial charge in [0.25, 0.3) is 5.91 Å². The smallest absolute Gasteiger partial charge is 0.255 e. The summed E-state index contributed by atoms with van der Waals surface area (Å²) in [6.45, 7) is 1.89. The van der Waals surface area contributed by atoms with E-state index in [4.69, 9.17) is 11.5 Å². The van der Waals surface area contributed by atoms with Crippen molar-refractivity contribution >= 4 is 28.9 Å².